The van der Waals surface area contributed by atoms with Crippen LogP contribution >= 0.6 is 23.4 Å². The van der Waals surface area contributed by atoms with Crippen LogP contribution in [0, 0.1) is 0 Å². The van der Waals surface area contributed by atoms with E-state index in [1.807, 2.05) is 12.1 Å². The fourth-order valence-electron chi connectivity index (χ4n) is 1.75. The van der Waals surface area contributed by atoms with E-state index >= 15 is 0 Å². The maximum atomic E-state index is 6.06. The third-order valence-electron chi connectivity index (χ3n) is 2.60. The molecule has 0 aliphatic rings. The van der Waals surface area contributed by atoms with Gasteiger partial charge in [-0.3, -0.25) is 0 Å². The summed E-state index contributed by atoms with van der Waals surface area (Å²) in [6.45, 7) is 0. The van der Waals surface area contributed by atoms with E-state index in [0.717, 1.165) is 5.02 Å². The minimum absolute atomic E-state index is 0.788. The van der Waals surface area contributed by atoms with Crippen molar-refractivity contribution in [2.75, 3.05) is 6.26 Å². The zero-order chi connectivity index (χ0) is 11.5. The van der Waals surface area contributed by atoms with Gasteiger partial charge in [0, 0.05) is 9.92 Å². The number of hydrogen-bond acceptors (Lipinski definition) is 1. The van der Waals surface area contributed by atoms with Gasteiger partial charge in [0.15, 0.2) is 0 Å². The van der Waals surface area contributed by atoms with Crippen LogP contribution in [0.15, 0.2) is 47.4 Å². The first-order valence-electron chi connectivity index (χ1n) is 5.12. The molecule has 0 atom stereocenters. The van der Waals surface area contributed by atoms with Crippen LogP contribution in [0.25, 0.3) is 11.1 Å². The Balaban J connectivity index is 2.62. The molecule has 2 aromatic carbocycles. The summed E-state index contributed by atoms with van der Waals surface area (Å²) < 4.78 is 0. The molecule has 3 heteroatoms. The first-order chi connectivity index (χ1) is 7.72. The molecule has 0 radical (unpaired) electrons. The monoisotopic (exact) mass is 246 g/mol. The third kappa shape index (κ3) is 2.28. The number of rotatable bonds is 2. The molecule has 0 amide bonds. The normalized spacial score (nSPS) is 10.4. The minimum Gasteiger partial charge on any atom is -0.129 e. The van der Waals surface area contributed by atoms with Crippen molar-refractivity contribution < 1.29 is 0 Å². The van der Waals surface area contributed by atoms with Crippen LogP contribution in [0.2, 0.25) is 5.02 Å². The molecule has 2 aromatic rings. The molecule has 0 unspecified atom stereocenters. The Kier molecular flexibility index (Phi) is 3.62. The summed E-state index contributed by atoms with van der Waals surface area (Å²) in [5.74, 6) is 0. The maximum absolute atomic E-state index is 6.06. The van der Waals surface area contributed by atoms with Crippen LogP contribution in [-0.4, -0.2) is 14.1 Å². The molecule has 0 N–H and O–H groups in total. The Morgan fingerprint density at radius 3 is 2.56 bits per heavy atom. The van der Waals surface area contributed by atoms with E-state index in [9.17, 15) is 0 Å². The summed E-state index contributed by atoms with van der Waals surface area (Å²) in [5.41, 5.74) is 3.73. The second kappa shape index (κ2) is 4.98. The van der Waals surface area contributed by atoms with Crippen molar-refractivity contribution in [3.8, 4) is 11.1 Å². The van der Waals surface area contributed by atoms with Crippen molar-refractivity contribution in [1.82, 2.24) is 0 Å². The average Bonchev–Trinajstić information content (AvgIpc) is 2.32. The molecule has 0 bridgehead atoms. The van der Waals surface area contributed by atoms with Gasteiger partial charge in [0.25, 0.3) is 0 Å². The van der Waals surface area contributed by atoms with Crippen molar-refractivity contribution in [3.05, 3.63) is 47.5 Å². The van der Waals surface area contributed by atoms with E-state index in [0.29, 0.717) is 0 Å². The molecule has 0 aromatic heterocycles. The van der Waals surface area contributed by atoms with E-state index in [4.69, 9.17) is 11.6 Å². The van der Waals surface area contributed by atoms with Gasteiger partial charge in [-0.15, -0.1) is 11.8 Å². The van der Waals surface area contributed by atoms with Crippen molar-refractivity contribution in [2.24, 2.45) is 0 Å². The Morgan fingerprint density at radius 1 is 1.06 bits per heavy atom. The van der Waals surface area contributed by atoms with Gasteiger partial charge >= 0.3 is 0 Å². The minimum atomic E-state index is 0.788. The molecule has 0 spiro atoms. The molecule has 0 aliphatic carbocycles. The first-order valence-corrected chi connectivity index (χ1v) is 6.72. The Hall–Kier alpha value is -0.855. The van der Waals surface area contributed by atoms with E-state index in [1.54, 1.807) is 11.8 Å². The van der Waals surface area contributed by atoms with Crippen molar-refractivity contribution >= 4 is 36.7 Å². The van der Waals surface area contributed by atoms with Gasteiger partial charge in [0.2, 0.25) is 0 Å². The Bertz CT molecular complexity index is 511. The summed E-state index contributed by atoms with van der Waals surface area (Å²) in [7, 11) is 2.11. The summed E-state index contributed by atoms with van der Waals surface area (Å²) >= 11 is 7.82. The van der Waals surface area contributed by atoms with Crippen LogP contribution in [-0.2, 0) is 0 Å². The fraction of sp³-hybridized carbons (Fsp3) is 0.0769. The van der Waals surface area contributed by atoms with Gasteiger partial charge in [-0.1, -0.05) is 41.3 Å². The molecule has 0 saturated carbocycles. The number of halogens is 1. The fourth-order valence-corrected chi connectivity index (χ4v) is 2.54. The topological polar surface area (TPSA) is 0 Å². The van der Waals surface area contributed by atoms with Gasteiger partial charge in [0.1, 0.15) is 7.85 Å². The predicted octanol–water partition coefficient (Wildman–Crippen LogP) is 2.99. The molecule has 0 heterocycles. The highest BCUT2D eigenvalue weighted by Gasteiger charge is 2.06. The molecule has 2 rings (SSSR count). The van der Waals surface area contributed by atoms with Gasteiger partial charge in [-0.25, -0.2) is 0 Å². The lowest BCUT2D eigenvalue weighted by Gasteiger charge is -2.10. The van der Waals surface area contributed by atoms with Crippen LogP contribution in [0.1, 0.15) is 0 Å². The molecule has 0 aliphatic heterocycles. The summed E-state index contributed by atoms with van der Waals surface area (Å²) in [5, 5.41) is 0.788. The average molecular weight is 247 g/mol. The lowest BCUT2D eigenvalue weighted by molar-refractivity contribution is 1.46. The van der Waals surface area contributed by atoms with Crippen LogP contribution in [0.4, 0.5) is 0 Å². The molecular formula is C13H12BClS. The lowest BCUT2D eigenvalue weighted by atomic mass is 9.87. The Labute approximate surface area is 106 Å². The highest BCUT2D eigenvalue weighted by atomic mass is 35.5. The maximum Gasteiger partial charge on any atom is 0.140 e. The largest absolute Gasteiger partial charge is 0.140 e. The first kappa shape index (κ1) is 11.6. The third-order valence-corrected chi connectivity index (χ3v) is 3.63. The highest BCUT2D eigenvalue weighted by Crippen LogP contribution is 2.29. The van der Waals surface area contributed by atoms with Crippen LogP contribution in [0.3, 0.4) is 0 Å². The molecule has 0 saturated heterocycles. The molecular weight excluding hydrogens is 234 g/mol. The Morgan fingerprint density at radius 2 is 1.81 bits per heavy atom. The second-order valence-electron chi connectivity index (χ2n) is 3.66. The number of thioether (sulfide) groups is 1. The zero-order valence-electron chi connectivity index (χ0n) is 9.33. The van der Waals surface area contributed by atoms with Crippen molar-refractivity contribution in [3.63, 3.8) is 0 Å². The van der Waals surface area contributed by atoms with E-state index < -0.39 is 0 Å². The van der Waals surface area contributed by atoms with Gasteiger partial charge in [-0.05, 0) is 35.6 Å². The van der Waals surface area contributed by atoms with Gasteiger partial charge < -0.3 is 0 Å². The molecule has 16 heavy (non-hydrogen) atoms. The summed E-state index contributed by atoms with van der Waals surface area (Å²) in [6, 6.07) is 14.4. The molecule has 0 nitrogen and oxygen atoms in total. The van der Waals surface area contributed by atoms with Gasteiger partial charge in [-0.2, -0.15) is 0 Å². The highest BCUT2D eigenvalue weighted by molar-refractivity contribution is 7.98. The predicted molar refractivity (Wildman–Crippen MR) is 76.8 cm³/mol. The number of benzene rings is 2. The lowest BCUT2D eigenvalue weighted by Crippen LogP contribution is -2.06. The van der Waals surface area contributed by atoms with Crippen LogP contribution < -0.4 is 5.46 Å². The molecule has 0 fully saturated rings. The van der Waals surface area contributed by atoms with E-state index in [2.05, 4.69) is 44.4 Å². The quantitative estimate of drug-likeness (QED) is 0.580. The summed E-state index contributed by atoms with van der Waals surface area (Å²) in [4.78, 5) is 1.29. The summed E-state index contributed by atoms with van der Waals surface area (Å²) in [6.07, 6.45) is 2.10. The smallest absolute Gasteiger partial charge is 0.129 e. The van der Waals surface area contributed by atoms with Crippen molar-refractivity contribution in [2.45, 2.75) is 4.90 Å². The number of hydrogen-bond donors (Lipinski definition) is 0. The second-order valence-corrected chi connectivity index (χ2v) is 4.94. The van der Waals surface area contributed by atoms with Crippen LogP contribution in [0.5, 0.6) is 0 Å². The SMILES string of the molecule is Bc1ccc(Cl)cc1-c1ccccc1SC. The standard InChI is InChI=1S/C13H12BClS/c1-16-13-5-3-2-4-10(13)11-8-9(15)6-7-12(11)14/h2-8H,14H2,1H3. The van der Waals surface area contributed by atoms with Crippen molar-refractivity contribution in [1.29, 1.82) is 0 Å². The molecule has 80 valence electrons. The van der Waals surface area contributed by atoms with E-state index in [1.165, 1.54) is 21.5 Å². The zero-order valence-corrected chi connectivity index (χ0v) is 10.9. The van der Waals surface area contributed by atoms with E-state index in [-0.39, 0.29) is 0 Å². The van der Waals surface area contributed by atoms with Gasteiger partial charge in [0.05, 0.1) is 0 Å².